The van der Waals surface area contributed by atoms with Gasteiger partial charge in [0.25, 0.3) is 0 Å². The van der Waals surface area contributed by atoms with E-state index in [0.29, 0.717) is 19.4 Å². The van der Waals surface area contributed by atoms with E-state index in [9.17, 15) is 9.59 Å². The van der Waals surface area contributed by atoms with Crippen LogP contribution in [-0.2, 0) is 23.8 Å². The van der Waals surface area contributed by atoms with Gasteiger partial charge in [-0.15, -0.1) is 13.2 Å². The molecule has 0 aromatic heterocycles. The van der Waals surface area contributed by atoms with Crippen LogP contribution in [0.4, 0.5) is 0 Å². The molecule has 1 heterocycles. The van der Waals surface area contributed by atoms with E-state index in [2.05, 4.69) is 13.2 Å². The molecule has 1 aliphatic carbocycles. The van der Waals surface area contributed by atoms with Crippen molar-refractivity contribution in [2.45, 2.75) is 31.8 Å². The van der Waals surface area contributed by atoms with Crippen LogP contribution in [0.1, 0.15) is 25.7 Å². The summed E-state index contributed by atoms with van der Waals surface area (Å²) in [5.41, 5.74) is 0. The second-order valence-electron chi connectivity index (χ2n) is 6.20. The number of ether oxygens (including phenoxy) is 3. The Bertz CT molecular complexity index is 452. The molecule has 4 atom stereocenters. The fourth-order valence-electron chi connectivity index (χ4n) is 3.12. The summed E-state index contributed by atoms with van der Waals surface area (Å²) in [4.78, 5) is 24.8. The largest absolute Gasteiger partial charge is 0.465 e. The van der Waals surface area contributed by atoms with Gasteiger partial charge in [0.05, 0.1) is 31.2 Å². The smallest absolute Gasteiger partial charge is 0.310 e. The molecule has 0 bridgehead atoms. The van der Waals surface area contributed by atoms with Gasteiger partial charge in [0.2, 0.25) is 0 Å². The highest BCUT2D eigenvalue weighted by Gasteiger charge is 2.38. The van der Waals surface area contributed by atoms with Gasteiger partial charge < -0.3 is 14.2 Å². The van der Waals surface area contributed by atoms with Gasteiger partial charge in [-0.3, -0.25) is 9.59 Å². The van der Waals surface area contributed by atoms with Crippen molar-refractivity contribution >= 4 is 11.9 Å². The first kappa shape index (κ1) is 18.5. The van der Waals surface area contributed by atoms with Gasteiger partial charge in [0, 0.05) is 5.92 Å². The molecule has 0 amide bonds. The highest BCUT2D eigenvalue weighted by Crippen LogP contribution is 2.30. The number of carbonyl (C=O) groups is 2. The van der Waals surface area contributed by atoms with E-state index in [1.54, 1.807) is 6.08 Å². The van der Waals surface area contributed by atoms with Crippen molar-refractivity contribution in [2.24, 2.45) is 17.8 Å². The Balaban J connectivity index is 2.14. The highest BCUT2D eigenvalue weighted by molar-refractivity contribution is 5.82. The Labute approximate surface area is 143 Å². The van der Waals surface area contributed by atoms with Crippen LogP contribution in [0.3, 0.4) is 0 Å². The number of esters is 2. The third-order valence-corrected chi connectivity index (χ3v) is 4.56. The van der Waals surface area contributed by atoms with Crippen LogP contribution in [0.15, 0.2) is 37.5 Å². The first-order valence-corrected chi connectivity index (χ1v) is 8.49. The van der Waals surface area contributed by atoms with Gasteiger partial charge in [0.1, 0.15) is 6.61 Å². The van der Waals surface area contributed by atoms with Crippen LogP contribution in [0.5, 0.6) is 0 Å². The second kappa shape index (κ2) is 9.42. The molecule has 5 heteroatoms. The standard InChI is InChI=1S/C19H26O5/c1-3-5-8-14-12-23-18(20)15-9-6-7-10-16(15)19(21)24-13-17(14)22-11-4-2/h3-4,6-7,14-17H,1-2,5,8-13H2. The average Bonchev–Trinajstić information content (AvgIpc) is 2.61. The maximum Gasteiger partial charge on any atom is 0.310 e. The van der Waals surface area contributed by atoms with E-state index in [-0.39, 0.29) is 37.2 Å². The maximum absolute atomic E-state index is 12.4. The molecule has 4 unspecified atom stereocenters. The van der Waals surface area contributed by atoms with Gasteiger partial charge in [-0.1, -0.05) is 24.3 Å². The fourth-order valence-corrected chi connectivity index (χ4v) is 3.12. The Kier molecular flexibility index (Phi) is 7.25. The molecule has 24 heavy (non-hydrogen) atoms. The number of cyclic esters (lactones) is 2. The Hall–Kier alpha value is -1.88. The van der Waals surface area contributed by atoms with Crippen molar-refractivity contribution < 1.29 is 23.8 Å². The van der Waals surface area contributed by atoms with E-state index >= 15 is 0 Å². The SMILES string of the molecule is C=CCCC1COC(=O)C2CC=CCC2C(=O)OCC1OCC=C. The van der Waals surface area contributed by atoms with Gasteiger partial charge in [-0.25, -0.2) is 0 Å². The summed E-state index contributed by atoms with van der Waals surface area (Å²) in [5, 5.41) is 0. The van der Waals surface area contributed by atoms with Crippen LogP contribution in [0, 0.1) is 17.8 Å². The minimum Gasteiger partial charge on any atom is -0.465 e. The summed E-state index contributed by atoms with van der Waals surface area (Å²) in [6, 6.07) is 0. The molecule has 1 fully saturated rings. The lowest BCUT2D eigenvalue weighted by Gasteiger charge is -2.32. The molecule has 5 nitrogen and oxygen atoms in total. The molecule has 0 saturated carbocycles. The minimum absolute atomic E-state index is 0.0459. The summed E-state index contributed by atoms with van der Waals surface area (Å²) < 4.78 is 16.8. The van der Waals surface area contributed by atoms with E-state index in [4.69, 9.17) is 14.2 Å². The third-order valence-electron chi connectivity index (χ3n) is 4.56. The minimum atomic E-state index is -0.465. The summed E-state index contributed by atoms with van der Waals surface area (Å²) >= 11 is 0. The first-order chi connectivity index (χ1) is 11.7. The molecule has 0 aromatic rings. The number of allylic oxidation sites excluding steroid dienone is 3. The molecule has 1 aliphatic heterocycles. The van der Waals surface area contributed by atoms with Gasteiger partial charge >= 0.3 is 11.9 Å². The van der Waals surface area contributed by atoms with Crippen LogP contribution >= 0.6 is 0 Å². The van der Waals surface area contributed by atoms with E-state index in [1.165, 1.54) is 0 Å². The monoisotopic (exact) mass is 334 g/mol. The number of rotatable bonds is 6. The van der Waals surface area contributed by atoms with Crippen LogP contribution in [0.2, 0.25) is 0 Å². The van der Waals surface area contributed by atoms with E-state index in [1.807, 2.05) is 18.2 Å². The van der Waals surface area contributed by atoms with Gasteiger partial charge in [-0.05, 0) is 25.7 Å². The van der Waals surface area contributed by atoms with E-state index < -0.39 is 11.8 Å². The lowest BCUT2D eigenvalue weighted by Crippen LogP contribution is -2.41. The number of fused-ring (bicyclic) bond motifs is 1. The van der Waals surface area contributed by atoms with Crippen molar-refractivity contribution in [2.75, 3.05) is 19.8 Å². The topological polar surface area (TPSA) is 61.8 Å². The van der Waals surface area contributed by atoms with Gasteiger partial charge in [0.15, 0.2) is 0 Å². The fraction of sp³-hybridized carbons (Fsp3) is 0.579. The summed E-state index contributed by atoms with van der Waals surface area (Å²) in [6.07, 6.45) is 9.55. The number of hydrogen-bond donors (Lipinski definition) is 0. The normalized spacial score (nSPS) is 30.7. The molecular weight excluding hydrogens is 308 g/mol. The molecule has 0 aromatic carbocycles. The van der Waals surface area contributed by atoms with Crippen LogP contribution < -0.4 is 0 Å². The van der Waals surface area contributed by atoms with Crippen molar-refractivity contribution in [3.05, 3.63) is 37.5 Å². The zero-order valence-corrected chi connectivity index (χ0v) is 14.0. The predicted molar refractivity (Wildman–Crippen MR) is 90.1 cm³/mol. The van der Waals surface area contributed by atoms with Gasteiger partial charge in [-0.2, -0.15) is 0 Å². The molecule has 132 valence electrons. The maximum atomic E-state index is 12.4. The Morgan fingerprint density at radius 2 is 1.67 bits per heavy atom. The molecular formula is C19H26O5. The number of hydrogen-bond acceptors (Lipinski definition) is 5. The predicted octanol–water partition coefficient (Wildman–Crippen LogP) is 2.82. The van der Waals surface area contributed by atoms with Crippen molar-refractivity contribution in [1.82, 2.24) is 0 Å². The Morgan fingerprint density at radius 1 is 1.04 bits per heavy atom. The summed E-state index contributed by atoms with van der Waals surface area (Å²) in [7, 11) is 0. The first-order valence-electron chi connectivity index (χ1n) is 8.49. The molecule has 0 spiro atoms. The summed E-state index contributed by atoms with van der Waals surface area (Å²) in [5.74, 6) is -1.64. The zero-order chi connectivity index (χ0) is 17.4. The molecule has 0 N–H and O–H groups in total. The second-order valence-corrected chi connectivity index (χ2v) is 6.20. The molecule has 2 aliphatic rings. The lowest BCUT2D eigenvalue weighted by atomic mass is 9.83. The summed E-state index contributed by atoms with van der Waals surface area (Å²) in [6.45, 7) is 8.16. The zero-order valence-electron chi connectivity index (χ0n) is 14.0. The quantitative estimate of drug-likeness (QED) is 0.552. The van der Waals surface area contributed by atoms with Crippen molar-refractivity contribution in [1.29, 1.82) is 0 Å². The highest BCUT2D eigenvalue weighted by atomic mass is 16.6. The lowest BCUT2D eigenvalue weighted by molar-refractivity contribution is -0.170. The van der Waals surface area contributed by atoms with Crippen molar-refractivity contribution in [3.8, 4) is 0 Å². The average molecular weight is 334 g/mol. The Morgan fingerprint density at radius 3 is 2.25 bits per heavy atom. The van der Waals surface area contributed by atoms with Crippen LogP contribution in [-0.4, -0.2) is 37.9 Å². The van der Waals surface area contributed by atoms with Crippen LogP contribution in [0.25, 0.3) is 0 Å². The third kappa shape index (κ3) is 4.81. The van der Waals surface area contributed by atoms with E-state index in [0.717, 1.165) is 12.8 Å². The molecule has 1 saturated heterocycles. The molecule has 2 rings (SSSR count). The number of carbonyl (C=O) groups excluding carboxylic acids is 2. The molecule has 0 radical (unpaired) electrons. The van der Waals surface area contributed by atoms with Crippen molar-refractivity contribution in [3.63, 3.8) is 0 Å².